The van der Waals surface area contributed by atoms with E-state index in [4.69, 9.17) is 4.74 Å². The van der Waals surface area contributed by atoms with Crippen LogP contribution in [0.3, 0.4) is 0 Å². The Hall–Kier alpha value is -1.15. The molecule has 0 aromatic carbocycles. The Morgan fingerprint density at radius 1 is 1.24 bits per heavy atom. The number of halogens is 3. The number of piperidine rings is 1. The van der Waals surface area contributed by atoms with Crippen LogP contribution in [0.15, 0.2) is 0 Å². The molecule has 37 heavy (non-hydrogen) atoms. The van der Waals surface area contributed by atoms with Crippen molar-refractivity contribution in [3.8, 4) is 6.07 Å². The van der Waals surface area contributed by atoms with Gasteiger partial charge in [0.2, 0.25) is 5.91 Å². The predicted molar refractivity (Wildman–Crippen MR) is 131 cm³/mol. The van der Waals surface area contributed by atoms with Gasteiger partial charge in [-0.25, -0.2) is 0 Å². The first kappa shape index (κ1) is 28.8. The first-order chi connectivity index (χ1) is 17.4. The zero-order chi connectivity index (χ0) is 27.0. The van der Waals surface area contributed by atoms with Crippen molar-refractivity contribution in [2.75, 3.05) is 33.3 Å². The maximum atomic E-state index is 13.4. The minimum atomic E-state index is -4.63. The molecule has 1 amide bonds. The van der Waals surface area contributed by atoms with Crippen molar-refractivity contribution >= 4 is 27.9 Å². The lowest BCUT2D eigenvalue weighted by Crippen LogP contribution is -2.55. The number of ether oxygens (including phenoxy) is 1. The summed E-state index contributed by atoms with van der Waals surface area (Å²) in [6.07, 6.45) is -1.52. The van der Waals surface area contributed by atoms with Crippen LogP contribution < -0.4 is 20.7 Å². The summed E-state index contributed by atoms with van der Waals surface area (Å²) in [6, 6.07) is 2.35. The van der Waals surface area contributed by atoms with Crippen LogP contribution in [0.25, 0.3) is 0 Å². The average Bonchev–Trinajstić information content (AvgIpc) is 3.41. The number of nitriles is 1. The summed E-state index contributed by atoms with van der Waals surface area (Å²) in [5.41, 5.74) is -0.424. The zero-order valence-electron chi connectivity index (χ0n) is 20.8. The number of carbonyl (C=O) groups is 1. The third-order valence-corrected chi connectivity index (χ3v) is 10.9. The molecule has 1 saturated carbocycles. The molecule has 0 radical (unpaired) electrons. The average molecular weight is 569 g/mol. The Balaban J connectivity index is 1.35. The number of hydrogen-bond donors (Lipinski definition) is 4. The van der Waals surface area contributed by atoms with Crippen LogP contribution in [0.4, 0.5) is 13.2 Å². The van der Waals surface area contributed by atoms with Gasteiger partial charge in [-0.05, 0) is 44.4 Å². The van der Waals surface area contributed by atoms with E-state index in [9.17, 15) is 31.6 Å². The Kier molecular flexibility index (Phi) is 8.99. The number of rotatable bonds is 7. The predicted octanol–water partition coefficient (Wildman–Crippen LogP) is 0.741. The standard InChI is InChI=1S/C22H35F3N6O4S2/c1-12-5-14(15-6-13(7-26)3-4-18(15)35-2)16(8-27-12)20(32)30-21-29-17-9-31(10-19(17)36-21)37(33,34)28-11-22(23,24)25/h12-19,21,27-29H,3-6,8-11H2,1-2H3,(H,30,32). The van der Waals surface area contributed by atoms with E-state index in [0.717, 1.165) is 23.6 Å². The third kappa shape index (κ3) is 6.90. The SMILES string of the molecule is COC1CCC(C#N)CC1C1CC(C)NCC1C(=O)NC1NC2CN(S(=O)(=O)NCC(F)(F)F)CC2S1. The van der Waals surface area contributed by atoms with E-state index in [1.807, 2.05) is 0 Å². The van der Waals surface area contributed by atoms with E-state index in [0.29, 0.717) is 13.0 Å². The van der Waals surface area contributed by atoms with Crippen molar-refractivity contribution < 1.29 is 31.1 Å². The van der Waals surface area contributed by atoms with Crippen LogP contribution in [0.5, 0.6) is 0 Å². The van der Waals surface area contributed by atoms with Gasteiger partial charge in [0, 0.05) is 50.0 Å². The quantitative estimate of drug-likeness (QED) is 0.353. The first-order valence-electron chi connectivity index (χ1n) is 12.6. The van der Waals surface area contributed by atoms with Crippen LogP contribution in [-0.4, -0.2) is 87.0 Å². The van der Waals surface area contributed by atoms with Crippen LogP contribution in [0, 0.1) is 35.0 Å². The van der Waals surface area contributed by atoms with Gasteiger partial charge in [-0.3, -0.25) is 10.1 Å². The van der Waals surface area contributed by atoms with E-state index in [1.54, 1.807) is 11.8 Å². The van der Waals surface area contributed by atoms with Gasteiger partial charge < -0.3 is 15.4 Å². The van der Waals surface area contributed by atoms with Crippen molar-refractivity contribution in [2.24, 2.45) is 23.7 Å². The van der Waals surface area contributed by atoms with Crippen molar-refractivity contribution in [3.63, 3.8) is 0 Å². The highest BCUT2D eigenvalue weighted by Gasteiger charge is 2.48. The second kappa shape index (κ2) is 11.5. The van der Waals surface area contributed by atoms with Crippen LogP contribution in [0.1, 0.15) is 32.6 Å². The highest BCUT2D eigenvalue weighted by atomic mass is 32.2. The molecule has 15 heteroatoms. The minimum absolute atomic E-state index is 0.00687. The molecule has 0 bridgehead atoms. The topological polar surface area (TPSA) is 136 Å². The molecule has 4 fully saturated rings. The summed E-state index contributed by atoms with van der Waals surface area (Å²) in [5.74, 6) is -0.289. The number of fused-ring (bicyclic) bond motifs is 1. The lowest BCUT2D eigenvalue weighted by atomic mass is 9.66. The number of nitrogens with one attached hydrogen (secondary N) is 4. The molecule has 3 aliphatic heterocycles. The van der Waals surface area contributed by atoms with Gasteiger partial charge in [0.25, 0.3) is 10.2 Å². The molecular formula is C22H35F3N6O4S2. The second-order valence-electron chi connectivity index (χ2n) is 10.5. The molecule has 10 nitrogen and oxygen atoms in total. The van der Waals surface area contributed by atoms with Gasteiger partial charge in [0.05, 0.1) is 18.1 Å². The highest BCUT2D eigenvalue weighted by molar-refractivity contribution is 8.00. The summed E-state index contributed by atoms with van der Waals surface area (Å²) in [5, 5.41) is 19.0. The largest absolute Gasteiger partial charge is 0.402 e. The fraction of sp³-hybridized carbons (Fsp3) is 0.909. The van der Waals surface area contributed by atoms with Crippen molar-refractivity contribution in [2.45, 2.75) is 67.7 Å². The van der Waals surface area contributed by atoms with Gasteiger partial charge in [0.15, 0.2) is 0 Å². The number of nitrogens with zero attached hydrogens (tertiary/aromatic N) is 2. The van der Waals surface area contributed by atoms with Gasteiger partial charge in [-0.15, -0.1) is 11.8 Å². The molecule has 210 valence electrons. The van der Waals surface area contributed by atoms with Gasteiger partial charge in [-0.1, -0.05) is 0 Å². The van der Waals surface area contributed by atoms with Crippen molar-refractivity contribution in [1.82, 2.24) is 25.0 Å². The number of amides is 1. The molecule has 0 spiro atoms. The summed E-state index contributed by atoms with van der Waals surface area (Å²) in [6.45, 7) is 1.07. The number of thioether (sulfide) groups is 1. The smallest absolute Gasteiger partial charge is 0.381 e. The van der Waals surface area contributed by atoms with E-state index in [2.05, 4.69) is 28.9 Å². The Labute approximate surface area is 220 Å². The van der Waals surface area contributed by atoms with Gasteiger partial charge in [-0.2, -0.15) is 35.9 Å². The Bertz CT molecular complexity index is 966. The van der Waals surface area contributed by atoms with Gasteiger partial charge >= 0.3 is 6.18 Å². The minimum Gasteiger partial charge on any atom is -0.381 e. The number of carbonyl (C=O) groups excluding carboxylic acids is 1. The summed E-state index contributed by atoms with van der Waals surface area (Å²) < 4.78 is 70.2. The van der Waals surface area contributed by atoms with Crippen LogP contribution in [0.2, 0.25) is 0 Å². The lowest BCUT2D eigenvalue weighted by Gasteiger charge is -2.44. The van der Waals surface area contributed by atoms with Gasteiger partial charge in [0.1, 0.15) is 12.0 Å². The molecule has 1 aliphatic carbocycles. The second-order valence-corrected chi connectivity index (χ2v) is 13.6. The molecule has 3 saturated heterocycles. The third-order valence-electron chi connectivity index (χ3n) is 8.01. The Morgan fingerprint density at radius 3 is 2.65 bits per heavy atom. The number of methoxy groups -OCH3 is 1. The van der Waals surface area contributed by atoms with Crippen LogP contribution in [-0.2, 0) is 19.7 Å². The molecule has 4 N–H and O–H groups in total. The number of hydrogen-bond acceptors (Lipinski definition) is 8. The fourth-order valence-electron chi connectivity index (χ4n) is 6.15. The zero-order valence-corrected chi connectivity index (χ0v) is 22.5. The maximum absolute atomic E-state index is 13.4. The molecule has 0 aromatic heterocycles. The van der Waals surface area contributed by atoms with E-state index in [-0.39, 0.29) is 66.1 Å². The molecular weight excluding hydrogens is 533 g/mol. The summed E-state index contributed by atoms with van der Waals surface area (Å²) in [7, 11) is -2.57. The Morgan fingerprint density at radius 2 is 2.00 bits per heavy atom. The first-order valence-corrected chi connectivity index (χ1v) is 15.0. The van der Waals surface area contributed by atoms with E-state index < -0.39 is 28.4 Å². The molecule has 0 aromatic rings. The molecule has 9 atom stereocenters. The van der Waals surface area contributed by atoms with Crippen molar-refractivity contribution in [1.29, 1.82) is 5.26 Å². The summed E-state index contributed by atoms with van der Waals surface area (Å²) in [4.78, 5) is 13.4. The van der Waals surface area contributed by atoms with E-state index in [1.165, 1.54) is 11.8 Å². The molecule has 3 heterocycles. The van der Waals surface area contributed by atoms with E-state index >= 15 is 0 Å². The fourth-order valence-corrected chi connectivity index (χ4v) is 8.90. The highest BCUT2D eigenvalue weighted by Crippen LogP contribution is 2.42. The molecule has 9 unspecified atom stereocenters. The molecule has 4 rings (SSSR count). The monoisotopic (exact) mass is 568 g/mol. The molecule has 4 aliphatic rings. The normalized spacial score (nSPS) is 39.2. The summed E-state index contributed by atoms with van der Waals surface area (Å²) >= 11 is 1.38. The van der Waals surface area contributed by atoms with Crippen molar-refractivity contribution in [3.05, 3.63) is 0 Å². The lowest BCUT2D eigenvalue weighted by molar-refractivity contribution is -0.131. The van der Waals surface area contributed by atoms with Crippen LogP contribution >= 0.6 is 11.8 Å². The number of alkyl halides is 3. The maximum Gasteiger partial charge on any atom is 0.402 e.